The maximum Gasteiger partial charge on any atom is 0.337 e. The second kappa shape index (κ2) is 20.1. The van der Waals surface area contributed by atoms with Crippen molar-refractivity contribution in [3.05, 3.63) is 71.0 Å². The predicted molar refractivity (Wildman–Crippen MR) is 213 cm³/mol. The molecule has 0 bridgehead atoms. The highest BCUT2D eigenvalue weighted by Gasteiger charge is 2.64. The van der Waals surface area contributed by atoms with E-state index in [-0.39, 0.29) is 47.4 Å². The van der Waals surface area contributed by atoms with Gasteiger partial charge in [-0.25, -0.2) is 4.79 Å². The molecular weight excluding hydrogens is 868 g/mol. The molecule has 22 nitrogen and oxygen atoms in total. The van der Waals surface area contributed by atoms with Crippen LogP contribution in [-0.4, -0.2) is 179 Å². The Bertz CT molecular complexity index is 2080. The lowest BCUT2D eigenvalue weighted by Gasteiger charge is -2.44. The Morgan fingerprint density at radius 3 is 2.05 bits per heavy atom. The first-order valence-corrected chi connectivity index (χ1v) is 20.7. The quantitative estimate of drug-likeness (QED) is 0.0799. The number of rotatable bonds is 14. The molecule has 0 aromatic heterocycles. The third-order valence-corrected chi connectivity index (χ3v) is 12.4. The first kappa shape index (κ1) is 48.3. The number of phenolic OH excluding ortho intramolecular Hbond substituents is 2. The van der Waals surface area contributed by atoms with E-state index in [4.69, 9.17) is 52.1 Å². The van der Waals surface area contributed by atoms with Crippen LogP contribution in [0.25, 0.3) is 0 Å². The minimum atomic E-state index is -1.89. The van der Waals surface area contributed by atoms with Crippen molar-refractivity contribution in [2.24, 2.45) is 11.8 Å². The van der Waals surface area contributed by atoms with Crippen molar-refractivity contribution in [2.45, 2.75) is 98.9 Å². The molecule has 16 atom stereocenters. The summed E-state index contributed by atoms with van der Waals surface area (Å²) < 4.78 is 63.5. The number of carbonyl (C=O) groups excluding carboxylic acids is 2. The zero-order valence-corrected chi connectivity index (χ0v) is 35.6. The number of allylic oxidation sites excluding steroid dienone is 1. The van der Waals surface area contributed by atoms with Crippen molar-refractivity contribution in [3.8, 4) is 23.0 Å². The lowest BCUT2D eigenvalue weighted by Crippen LogP contribution is -2.62. The summed E-state index contributed by atoms with van der Waals surface area (Å²) in [6, 6.07) is 9.23. The number of hydrogen-bond donors (Lipinski definition) is 9. The maximum atomic E-state index is 13.6. The molecule has 0 saturated carbocycles. The van der Waals surface area contributed by atoms with Crippen LogP contribution >= 0.6 is 0 Å². The van der Waals surface area contributed by atoms with Crippen LogP contribution in [0.1, 0.15) is 36.7 Å². The lowest BCUT2D eigenvalue weighted by molar-refractivity contribution is -0.334. The van der Waals surface area contributed by atoms with Crippen LogP contribution in [0.2, 0.25) is 0 Å². The van der Waals surface area contributed by atoms with Gasteiger partial charge in [0.1, 0.15) is 67.1 Å². The number of hydrogen-bond acceptors (Lipinski definition) is 22. The van der Waals surface area contributed by atoms with E-state index < -0.39 is 129 Å². The molecule has 2 aromatic rings. The molecule has 5 aliphatic heterocycles. The topological polar surface area (TPSA) is 318 Å². The highest BCUT2D eigenvalue weighted by molar-refractivity contribution is 5.90. The van der Waals surface area contributed by atoms with Gasteiger partial charge in [-0.1, -0.05) is 18.2 Å². The van der Waals surface area contributed by atoms with Crippen molar-refractivity contribution in [1.29, 1.82) is 0 Å². The third kappa shape index (κ3) is 9.24. The van der Waals surface area contributed by atoms with Gasteiger partial charge in [-0.3, -0.25) is 4.79 Å². The molecule has 22 heteroatoms. The number of carbonyl (C=O) groups is 2. The van der Waals surface area contributed by atoms with E-state index in [2.05, 4.69) is 0 Å². The van der Waals surface area contributed by atoms with Gasteiger partial charge in [-0.05, 0) is 42.3 Å². The average Bonchev–Trinajstić information content (AvgIpc) is 3.85. The Balaban J connectivity index is 1.09. The van der Waals surface area contributed by atoms with Gasteiger partial charge in [-0.2, -0.15) is 0 Å². The first-order valence-electron chi connectivity index (χ1n) is 20.7. The van der Waals surface area contributed by atoms with Gasteiger partial charge in [0.2, 0.25) is 6.29 Å². The first-order chi connectivity index (χ1) is 31.1. The summed E-state index contributed by atoms with van der Waals surface area (Å²) in [7, 11) is 3.88. The zero-order valence-electron chi connectivity index (χ0n) is 35.6. The molecule has 0 spiro atoms. The second-order valence-electron chi connectivity index (χ2n) is 16.1. The van der Waals surface area contributed by atoms with E-state index in [1.807, 2.05) is 0 Å². The van der Waals surface area contributed by atoms with Gasteiger partial charge in [0.05, 0.1) is 65.5 Å². The summed E-state index contributed by atoms with van der Waals surface area (Å²) in [6.07, 6.45) is -18.2. The Morgan fingerprint density at radius 1 is 0.800 bits per heavy atom. The normalized spacial score (nSPS) is 37.5. The Kier molecular flexibility index (Phi) is 14.9. The molecule has 0 radical (unpaired) electrons. The Labute approximate surface area is 371 Å². The van der Waals surface area contributed by atoms with Gasteiger partial charge in [0.25, 0.3) is 0 Å². The molecule has 65 heavy (non-hydrogen) atoms. The summed E-state index contributed by atoms with van der Waals surface area (Å²) >= 11 is 0. The highest BCUT2D eigenvalue weighted by Crippen LogP contribution is 2.57. The van der Waals surface area contributed by atoms with Gasteiger partial charge < -0.3 is 98.1 Å². The fraction of sp³-hybridized carbons (Fsp3) is 0.581. The van der Waals surface area contributed by atoms with Crippen LogP contribution in [0.3, 0.4) is 0 Å². The molecule has 4 saturated heterocycles. The number of ether oxygens (including phenoxy) is 11. The molecule has 5 aliphatic rings. The molecule has 9 N–H and O–H groups in total. The van der Waals surface area contributed by atoms with Gasteiger partial charge >= 0.3 is 11.9 Å². The third-order valence-electron chi connectivity index (χ3n) is 12.4. The average molecular weight is 923 g/mol. The van der Waals surface area contributed by atoms with E-state index in [1.165, 1.54) is 32.4 Å². The van der Waals surface area contributed by atoms with Gasteiger partial charge in [0, 0.05) is 17.4 Å². The SMILES string of the molecule is CC=C1[C@H](O[C@@H]2O[C@H](CO)[C@@H](O)[C@H](O)[C@H]2O)OC=C(C(=O)OC)[C@H]1CC(=O)OC[C@H]1O[C@@H](O[C@]23CO[C@H](c4ccc(O)c(OC)c4)[C@H]2CO[C@@H]3c2ccc(O)c(OC)c2)[C@H](O)[C@@H](O)[C@@H]1O. The monoisotopic (exact) mass is 922 g/mol. The number of aliphatic hydroxyl groups excluding tert-OH is 7. The summed E-state index contributed by atoms with van der Waals surface area (Å²) in [6.45, 7) is -0.0136. The molecule has 358 valence electrons. The van der Waals surface area contributed by atoms with Crippen LogP contribution in [0.5, 0.6) is 23.0 Å². The standard InChI is InChI=1S/C43H54O22/c1-5-20-21(22(39(54)57-4)14-60-40(20)64-41-35(52)33(50)31(48)28(13-44)62-41)12-30(47)58-16-29-32(49)34(51)36(53)42(63-29)65-43-17-61-37(18-6-8-24(45)26(10-18)55-2)23(43)15-59-38(43)19-7-9-25(46)27(11-19)56-3/h5-11,14,21,23,28-29,31-38,40-42,44-46,48-53H,12-13,15-17H2,1-4H3/t21-,23+,28+,29+,31+,32+,33-,34-,35+,36+,37+,38+,40-,41-,42-,43+/m0/s1. The summed E-state index contributed by atoms with van der Waals surface area (Å²) in [5.41, 5.74) is -0.387. The van der Waals surface area contributed by atoms with Gasteiger partial charge in [-0.15, -0.1) is 0 Å². The molecule has 7 rings (SSSR count). The maximum absolute atomic E-state index is 13.6. The molecule has 0 amide bonds. The van der Waals surface area contributed by atoms with E-state index in [0.717, 1.165) is 13.4 Å². The summed E-state index contributed by atoms with van der Waals surface area (Å²) in [5, 5.41) is 94.9. The highest BCUT2D eigenvalue weighted by atomic mass is 16.8. The van der Waals surface area contributed by atoms with E-state index in [9.17, 15) is 55.5 Å². The van der Waals surface area contributed by atoms with Crippen molar-refractivity contribution < 1.29 is 108 Å². The number of benzene rings is 2. The van der Waals surface area contributed by atoms with Crippen LogP contribution < -0.4 is 9.47 Å². The largest absolute Gasteiger partial charge is 0.504 e. The number of esters is 2. The minimum Gasteiger partial charge on any atom is -0.504 e. The number of aromatic hydroxyl groups is 2. The van der Waals surface area contributed by atoms with Crippen LogP contribution in [0, 0.1) is 11.8 Å². The minimum absolute atomic E-state index is 0.0353. The Morgan fingerprint density at radius 2 is 1.42 bits per heavy atom. The van der Waals surface area contributed by atoms with Crippen molar-refractivity contribution >= 4 is 11.9 Å². The van der Waals surface area contributed by atoms with Crippen LogP contribution in [0.15, 0.2) is 59.9 Å². The van der Waals surface area contributed by atoms with E-state index >= 15 is 0 Å². The molecule has 4 fully saturated rings. The van der Waals surface area contributed by atoms with E-state index in [0.29, 0.717) is 11.1 Å². The summed E-state index contributed by atoms with van der Waals surface area (Å²) in [4.78, 5) is 26.5. The molecule has 2 aromatic carbocycles. The molecule has 5 heterocycles. The van der Waals surface area contributed by atoms with Crippen LogP contribution in [0.4, 0.5) is 0 Å². The predicted octanol–water partition coefficient (Wildman–Crippen LogP) is -1.14. The molecule has 0 unspecified atom stereocenters. The van der Waals surface area contributed by atoms with Crippen molar-refractivity contribution in [2.75, 3.05) is 47.8 Å². The van der Waals surface area contributed by atoms with Crippen LogP contribution in [-0.2, 0) is 52.2 Å². The lowest BCUT2D eigenvalue weighted by atomic mass is 9.80. The van der Waals surface area contributed by atoms with E-state index in [1.54, 1.807) is 31.2 Å². The smallest absolute Gasteiger partial charge is 0.337 e. The number of fused-ring (bicyclic) bond motifs is 1. The zero-order chi connectivity index (χ0) is 46.9. The summed E-state index contributed by atoms with van der Waals surface area (Å²) in [5.74, 6) is -3.54. The number of aliphatic hydroxyl groups is 7. The van der Waals surface area contributed by atoms with Crippen molar-refractivity contribution in [3.63, 3.8) is 0 Å². The fourth-order valence-electron chi connectivity index (χ4n) is 8.85. The molecule has 0 aliphatic carbocycles. The number of phenols is 2. The number of methoxy groups -OCH3 is 3. The second-order valence-corrected chi connectivity index (χ2v) is 16.1. The molecular formula is C43H54O22. The van der Waals surface area contributed by atoms with Gasteiger partial charge in [0.15, 0.2) is 35.6 Å². The Hall–Kier alpha value is -4.66. The van der Waals surface area contributed by atoms with Crippen molar-refractivity contribution in [1.82, 2.24) is 0 Å². The fourth-order valence-corrected chi connectivity index (χ4v) is 8.85.